The van der Waals surface area contributed by atoms with Gasteiger partial charge in [0.05, 0.1) is 12.0 Å². The average molecular weight is 305 g/mol. The highest BCUT2D eigenvalue weighted by molar-refractivity contribution is 5.85. The van der Waals surface area contributed by atoms with Crippen molar-refractivity contribution in [1.29, 1.82) is 0 Å². The van der Waals surface area contributed by atoms with Gasteiger partial charge in [-0.3, -0.25) is 4.79 Å². The van der Waals surface area contributed by atoms with E-state index in [-0.39, 0.29) is 30.3 Å². The number of nitrogens with two attached hydrogens (primary N) is 1. The zero-order valence-corrected chi connectivity index (χ0v) is 12.1. The topological polar surface area (TPSA) is 55.1 Å². The predicted molar refractivity (Wildman–Crippen MR) is 75.6 cm³/mol. The molecule has 1 aliphatic carbocycles. The highest BCUT2D eigenvalue weighted by Crippen LogP contribution is 2.38. The maximum absolute atomic E-state index is 13.5. The molecule has 1 fully saturated rings. The number of hydrogen-bond donors (Lipinski definition) is 2. The summed E-state index contributed by atoms with van der Waals surface area (Å²) < 4.78 is 26.2. The van der Waals surface area contributed by atoms with Gasteiger partial charge < -0.3 is 11.1 Å². The van der Waals surface area contributed by atoms with E-state index in [9.17, 15) is 13.6 Å². The average Bonchev–Trinajstić information content (AvgIpc) is 3.17. The Kier molecular flexibility index (Phi) is 5.48. The minimum absolute atomic E-state index is 0. The van der Waals surface area contributed by atoms with Crippen molar-refractivity contribution in [3.05, 3.63) is 35.4 Å². The Labute approximate surface area is 123 Å². The van der Waals surface area contributed by atoms with Gasteiger partial charge in [-0.2, -0.15) is 0 Å². The van der Waals surface area contributed by atoms with E-state index in [1.165, 1.54) is 6.07 Å². The molecular formula is C14H19ClF2N2O. The van der Waals surface area contributed by atoms with Crippen LogP contribution in [-0.4, -0.2) is 18.0 Å². The molecule has 0 aromatic heterocycles. The van der Waals surface area contributed by atoms with Crippen molar-refractivity contribution in [3.8, 4) is 0 Å². The van der Waals surface area contributed by atoms with E-state index in [1.54, 1.807) is 0 Å². The monoisotopic (exact) mass is 304 g/mol. The molecule has 0 aliphatic heterocycles. The van der Waals surface area contributed by atoms with Crippen molar-refractivity contribution in [2.45, 2.75) is 31.7 Å². The van der Waals surface area contributed by atoms with E-state index < -0.39 is 17.2 Å². The molecule has 0 spiro atoms. The molecule has 1 aliphatic rings. The lowest BCUT2D eigenvalue weighted by atomic mass is 9.95. The number of benzene rings is 1. The van der Waals surface area contributed by atoms with E-state index in [1.807, 2.05) is 6.92 Å². The summed E-state index contributed by atoms with van der Waals surface area (Å²) in [5.74, 6) is -1.23. The fourth-order valence-corrected chi connectivity index (χ4v) is 2.24. The van der Waals surface area contributed by atoms with Gasteiger partial charge in [-0.05, 0) is 37.3 Å². The molecule has 0 radical (unpaired) electrons. The molecule has 1 saturated carbocycles. The van der Waals surface area contributed by atoms with Gasteiger partial charge in [0.25, 0.3) is 0 Å². The van der Waals surface area contributed by atoms with Gasteiger partial charge in [0, 0.05) is 12.6 Å². The fraction of sp³-hybridized carbons (Fsp3) is 0.500. The molecule has 3 nitrogen and oxygen atoms in total. The summed E-state index contributed by atoms with van der Waals surface area (Å²) in [5, 5.41) is 2.87. The second-order valence-electron chi connectivity index (χ2n) is 5.36. The van der Waals surface area contributed by atoms with E-state index in [2.05, 4.69) is 5.32 Å². The van der Waals surface area contributed by atoms with Gasteiger partial charge in [-0.1, -0.05) is 6.07 Å². The lowest BCUT2D eigenvalue weighted by Gasteiger charge is -2.29. The Bertz CT molecular complexity index is 494. The maximum atomic E-state index is 13.5. The standard InChI is InChI=1S/C14H18F2N2O.ClH/c1-14(8-17,10-3-4-10)18-13(19)6-9-2-5-11(15)7-12(9)16;/h2,5,7,10H,3-4,6,8,17H2,1H3,(H,18,19);1H. The Hall–Kier alpha value is -1.20. The number of hydrogen-bond acceptors (Lipinski definition) is 2. The first kappa shape index (κ1) is 16.9. The Morgan fingerprint density at radius 1 is 1.45 bits per heavy atom. The van der Waals surface area contributed by atoms with Crippen molar-refractivity contribution >= 4 is 18.3 Å². The zero-order valence-electron chi connectivity index (χ0n) is 11.3. The van der Waals surface area contributed by atoms with Crippen LogP contribution in [0.2, 0.25) is 0 Å². The number of nitrogens with one attached hydrogen (secondary N) is 1. The van der Waals surface area contributed by atoms with Crippen molar-refractivity contribution in [2.75, 3.05) is 6.54 Å². The van der Waals surface area contributed by atoms with Gasteiger partial charge in [-0.25, -0.2) is 8.78 Å². The molecule has 0 heterocycles. The summed E-state index contributed by atoms with van der Waals surface area (Å²) in [5.41, 5.74) is 5.47. The third-order valence-electron chi connectivity index (χ3n) is 3.69. The normalized spacial score (nSPS) is 17.0. The lowest BCUT2D eigenvalue weighted by Crippen LogP contribution is -2.53. The fourth-order valence-electron chi connectivity index (χ4n) is 2.24. The smallest absolute Gasteiger partial charge is 0.225 e. The minimum atomic E-state index is -0.698. The molecule has 1 atom stereocenters. The Morgan fingerprint density at radius 2 is 2.10 bits per heavy atom. The molecule has 1 aromatic rings. The predicted octanol–water partition coefficient (Wildman–Crippen LogP) is 2.17. The van der Waals surface area contributed by atoms with Crippen LogP contribution in [0, 0.1) is 17.6 Å². The van der Waals surface area contributed by atoms with Crippen LogP contribution in [0.25, 0.3) is 0 Å². The van der Waals surface area contributed by atoms with Crippen LogP contribution in [-0.2, 0) is 11.2 Å². The molecule has 1 unspecified atom stereocenters. The van der Waals surface area contributed by atoms with Crippen molar-refractivity contribution in [1.82, 2.24) is 5.32 Å². The summed E-state index contributed by atoms with van der Waals surface area (Å²) in [7, 11) is 0. The summed E-state index contributed by atoms with van der Waals surface area (Å²) >= 11 is 0. The van der Waals surface area contributed by atoms with Gasteiger partial charge in [0.2, 0.25) is 5.91 Å². The molecule has 1 amide bonds. The van der Waals surface area contributed by atoms with E-state index in [0.29, 0.717) is 12.5 Å². The molecule has 1 aromatic carbocycles. The van der Waals surface area contributed by atoms with Crippen LogP contribution in [0.15, 0.2) is 18.2 Å². The second-order valence-corrected chi connectivity index (χ2v) is 5.36. The minimum Gasteiger partial charge on any atom is -0.349 e. The van der Waals surface area contributed by atoms with Crippen LogP contribution < -0.4 is 11.1 Å². The first-order valence-electron chi connectivity index (χ1n) is 6.39. The molecule has 112 valence electrons. The third-order valence-corrected chi connectivity index (χ3v) is 3.69. The Morgan fingerprint density at radius 3 is 2.60 bits per heavy atom. The quantitative estimate of drug-likeness (QED) is 0.876. The molecule has 0 saturated heterocycles. The summed E-state index contributed by atoms with van der Waals surface area (Å²) in [6, 6.07) is 3.22. The largest absolute Gasteiger partial charge is 0.349 e. The highest BCUT2D eigenvalue weighted by Gasteiger charge is 2.41. The Balaban J connectivity index is 0.00000200. The SMILES string of the molecule is CC(CN)(NC(=O)Cc1ccc(F)cc1F)C1CC1.Cl. The van der Waals surface area contributed by atoms with E-state index in [0.717, 1.165) is 25.0 Å². The molecule has 0 bridgehead atoms. The van der Waals surface area contributed by atoms with Gasteiger partial charge >= 0.3 is 0 Å². The van der Waals surface area contributed by atoms with Crippen LogP contribution in [0.5, 0.6) is 0 Å². The van der Waals surface area contributed by atoms with Gasteiger partial charge in [-0.15, -0.1) is 12.4 Å². The van der Waals surface area contributed by atoms with E-state index in [4.69, 9.17) is 5.73 Å². The second kappa shape index (κ2) is 6.50. The van der Waals surface area contributed by atoms with E-state index >= 15 is 0 Å². The number of rotatable bonds is 5. The molecule has 3 N–H and O–H groups in total. The molecule has 2 rings (SSSR count). The molecule has 6 heteroatoms. The van der Waals surface area contributed by atoms with Crippen LogP contribution in [0.4, 0.5) is 8.78 Å². The maximum Gasteiger partial charge on any atom is 0.225 e. The summed E-state index contributed by atoms with van der Waals surface area (Å²) in [6.07, 6.45) is 2.01. The summed E-state index contributed by atoms with van der Waals surface area (Å²) in [6.45, 7) is 2.26. The van der Waals surface area contributed by atoms with Gasteiger partial charge in [0.1, 0.15) is 11.6 Å². The van der Waals surface area contributed by atoms with Crippen LogP contribution in [0.1, 0.15) is 25.3 Å². The van der Waals surface area contributed by atoms with Crippen LogP contribution in [0.3, 0.4) is 0 Å². The van der Waals surface area contributed by atoms with Crippen molar-refractivity contribution in [3.63, 3.8) is 0 Å². The zero-order chi connectivity index (χ0) is 14.0. The highest BCUT2D eigenvalue weighted by atomic mass is 35.5. The van der Waals surface area contributed by atoms with Gasteiger partial charge in [0.15, 0.2) is 0 Å². The lowest BCUT2D eigenvalue weighted by molar-refractivity contribution is -0.122. The first-order chi connectivity index (χ1) is 8.94. The first-order valence-corrected chi connectivity index (χ1v) is 6.39. The van der Waals surface area contributed by atoms with Crippen molar-refractivity contribution in [2.24, 2.45) is 11.7 Å². The van der Waals surface area contributed by atoms with Crippen molar-refractivity contribution < 1.29 is 13.6 Å². The number of carbonyl (C=O) groups excluding carboxylic acids is 1. The molecule has 20 heavy (non-hydrogen) atoms. The summed E-state index contributed by atoms with van der Waals surface area (Å²) in [4.78, 5) is 11.9. The van der Waals surface area contributed by atoms with Crippen LogP contribution >= 0.6 is 12.4 Å². The molecular weight excluding hydrogens is 286 g/mol. The number of amides is 1. The number of carbonyl (C=O) groups is 1. The number of halogens is 3. The third kappa shape index (κ3) is 3.90.